The highest BCUT2D eigenvalue weighted by atomic mass is 32.1. The van der Waals surface area contributed by atoms with Crippen molar-refractivity contribution in [2.24, 2.45) is 0 Å². The molecule has 5 rings (SSSR count). The first kappa shape index (κ1) is 18.9. The lowest BCUT2D eigenvalue weighted by Crippen LogP contribution is -2.35. The topological polar surface area (TPSA) is 71.8 Å². The van der Waals surface area contributed by atoms with Gasteiger partial charge in [-0.15, -0.1) is 11.3 Å². The van der Waals surface area contributed by atoms with Crippen LogP contribution >= 0.6 is 11.3 Å². The number of benzene rings is 1. The Labute approximate surface area is 177 Å². The lowest BCUT2D eigenvalue weighted by molar-refractivity contribution is 0.0342. The third kappa shape index (κ3) is 3.85. The van der Waals surface area contributed by atoms with Crippen LogP contribution in [-0.2, 0) is 11.3 Å². The van der Waals surface area contributed by atoms with Gasteiger partial charge in [0.1, 0.15) is 5.56 Å². The second-order valence-electron chi connectivity index (χ2n) is 7.14. The number of fused-ring (bicyclic) bond motifs is 1. The van der Waals surface area contributed by atoms with Crippen LogP contribution in [0, 0.1) is 0 Å². The molecule has 152 valence electrons. The Balaban J connectivity index is 1.36. The maximum absolute atomic E-state index is 13.0. The first-order valence-corrected chi connectivity index (χ1v) is 10.7. The molecule has 1 N–H and O–H groups in total. The van der Waals surface area contributed by atoms with Crippen LogP contribution < -0.4 is 5.32 Å². The van der Waals surface area contributed by atoms with E-state index in [1.165, 1.54) is 0 Å². The van der Waals surface area contributed by atoms with Crippen molar-refractivity contribution in [2.45, 2.75) is 6.54 Å². The van der Waals surface area contributed by atoms with Gasteiger partial charge in [-0.2, -0.15) is 5.10 Å². The summed E-state index contributed by atoms with van der Waals surface area (Å²) < 4.78 is 7.13. The summed E-state index contributed by atoms with van der Waals surface area (Å²) >= 11 is 1.63. The number of hydrogen-bond acceptors (Lipinski definition) is 6. The molecular weight excluding hydrogens is 398 g/mol. The largest absolute Gasteiger partial charge is 0.379 e. The molecule has 8 heteroatoms. The van der Waals surface area contributed by atoms with E-state index in [-0.39, 0.29) is 5.91 Å². The van der Waals surface area contributed by atoms with Gasteiger partial charge in [-0.05, 0) is 35.2 Å². The quantitative estimate of drug-likeness (QED) is 0.536. The second-order valence-corrected chi connectivity index (χ2v) is 8.09. The minimum Gasteiger partial charge on any atom is -0.379 e. The van der Waals surface area contributed by atoms with Crippen molar-refractivity contribution in [1.29, 1.82) is 0 Å². The van der Waals surface area contributed by atoms with Crippen LogP contribution in [0.5, 0.6) is 0 Å². The smallest absolute Gasteiger partial charge is 0.261 e. The van der Waals surface area contributed by atoms with Gasteiger partial charge in [-0.3, -0.25) is 9.69 Å². The maximum atomic E-state index is 13.0. The van der Waals surface area contributed by atoms with E-state index < -0.39 is 0 Å². The number of nitrogens with one attached hydrogen (secondary N) is 1. The van der Waals surface area contributed by atoms with E-state index in [0.29, 0.717) is 11.2 Å². The summed E-state index contributed by atoms with van der Waals surface area (Å²) in [5.41, 5.74) is 3.84. The van der Waals surface area contributed by atoms with Crippen LogP contribution in [0.2, 0.25) is 0 Å². The van der Waals surface area contributed by atoms with Gasteiger partial charge < -0.3 is 10.1 Å². The Hall–Kier alpha value is -3.07. The lowest BCUT2D eigenvalue weighted by Gasteiger charge is -2.26. The number of hydrogen-bond donors (Lipinski definition) is 1. The molecule has 30 heavy (non-hydrogen) atoms. The van der Waals surface area contributed by atoms with Gasteiger partial charge in [-0.25, -0.2) is 9.50 Å². The van der Waals surface area contributed by atoms with Crippen molar-refractivity contribution in [2.75, 3.05) is 31.6 Å². The van der Waals surface area contributed by atoms with Crippen LogP contribution in [0.3, 0.4) is 0 Å². The molecular formula is C22H21N5O2S. The fourth-order valence-corrected chi connectivity index (χ4v) is 4.36. The van der Waals surface area contributed by atoms with E-state index in [1.807, 2.05) is 41.8 Å². The predicted molar refractivity (Wildman–Crippen MR) is 117 cm³/mol. The molecule has 0 unspecified atom stereocenters. The summed E-state index contributed by atoms with van der Waals surface area (Å²) in [6.07, 6.45) is 3.29. The van der Waals surface area contributed by atoms with E-state index in [0.717, 1.165) is 54.7 Å². The zero-order chi connectivity index (χ0) is 20.3. The third-order valence-corrected chi connectivity index (χ3v) is 6.01. The Morgan fingerprint density at radius 3 is 2.90 bits per heavy atom. The molecule has 0 bridgehead atoms. The summed E-state index contributed by atoms with van der Waals surface area (Å²) in [5.74, 6) is -0.218. The van der Waals surface area contributed by atoms with Crippen LogP contribution in [0.4, 0.5) is 5.69 Å². The molecule has 0 spiro atoms. The minimum absolute atomic E-state index is 0.218. The number of thiophene rings is 1. The molecule has 1 fully saturated rings. The lowest BCUT2D eigenvalue weighted by atomic mass is 10.1. The highest BCUT2D eigenvalue weighted by Crippen LogP contribution is 2.25. The highest BCUT2D eigenvalue weighted by molar-refractivity contribution is 7.13. The average molecular weight is 420 g/mol. The van der Waals surface area contributed by atoms with Gasteiger partial charge in [0.15, 0.2) is 5.65 Å². The van der Waals surface area contributed by atoms with Crippen LogP contribution in [0.15, 0.2) is 60.2 Å². The van der Waals surface area contributed by atoms with Crippen molar-refractivity contribution < 1.29 is 9.53 Å². The Bertz CT molecular complexity index is 1170. The van der Waals surface area contributed by atoms with E-state index >= 15 is 0 Å². The van der Waals surface area contributed by atoms with Crippen molar-refractivity contribution in [3.63, 3.8) is 0 Å². The first-order chi connectivity index (χ1) is 14.8. The zero-order valence-corrected chi connectivity index (χ0v) is 17.1. The minimum atomic E-state index is -0.218. The number of aromatic nitrogens is 3. The second kappa shape index (κ2) is 8.35. The summed E-state index contributed by atoms with van der Waals surface area (Å²) in [5, 5.41) is 9.43. The number of ether oxygens (including phenoxy) is 1. The van der Waals surface area contributed by atoms with Crippen LogP contribution in [0.25, 0.3) is 16.2 Å². The van der Waals surface area contributed by atoms with E-state index in [4.69, 9.17) is 4.74 Å². The first-order valence-electron chi connectivity index (χ1n) is 9.85. The molecule has 4 aromatic rings. The summed E-state index contributed by atoms with van der Waals surface area (Å²) in [6, 6.07) is 13.9. The monoisotopic (exact) mass is 419 g/mol. The van der Waals surface area contributed by atoms with Gasteiger partial charge in [-0.1, -0.05) is 18.2 Å². The van der Waals surface area contributed by atoms with E-state index in [2.05, 4.69) is 26.4 Å². The number of nitrogens with zero attached hydrogens (tertiary/aromatic N) is 4. The molecule has 1 aromatic carbocycles. The zero-order valence-electron chi connectivity index (χ0n) is 16.3. The fraction of sp³-hybridized carbons (Fsp3) is 0.227. The molecule has 1 aliphatic rings. The third-order valence-electron chi connectivity index (χ3n) is 5.11. The molecule has 1 amide bonds. The van der Waals surface area contributed by atoms with Gasteiger partial charge >= 0.3 is 0 Å². The molecule has 7 nitrogen and oxygen atoms in total. The fourth-order valence-electron chi connectivity index (χ4n) is 3.63. The SMILES string of the molecule is O=C(Nc1cccc(CN2CCOCC2)c1)c1cnn2c(-c3cccs3)ccnc12. The van der Waals surface area contributed by atoms with Crippen molar-refractivity contribution >= 4 is 28.6 Å². The van der Waals surface area contributed by atoms with Crippen molar-refractivity contribution in [3.8, 4) is 10.6 Å². The average Bonchev–Trinajstić information content (AvgIpc) is 3.45. The Kier molecular flexibility index (Phi) is 5.27. The number of amides is 1. The summed E-state index contributed by atoms with van der Waals surface area (Å²) in [7, 11) is 0. The number of carbonyl (C=O) groups is 1. The van der Waals surface area contributed by atoms with Crippen LogP contribution in [0.1, 0.15) is 15.9 Å². The number of rotatable bonds is 5. The van der Waals surface area contributed by atoms with Gasteiger partial charge in [0.05, 0.1) is 30.0 Å². The van der Waals surface area contributed by atoms with Crippen molar-refractivity contribution in [3.05, 3.63) is 71.4 Å². The molecule has 1 saturated heterocycles. The highest BCUT2D eigenvalue weighted by Gasteiger charge is 2.17. The molecule has 1 aliphatic heterocycles. The van der Waals surface area contributed by atoms with Crippen LogP contribution in [-0.4, -0.2) is 51.7 Å². The molecule has 0 aliphatic carbocycles. The maximum Gasteiger partial charge on any atom is 0.261 e. The Morgan fingerprint density at radius 1 is 1.17 bits per heavy atom. The Morgan fingerprint density at radius 2 is 2.07 bits per heavy atom. The van der Waals surface area contributed by atoms with E-state index in [1.54, 1.807) is 28.2 Å². The van der Waals surface area contributed by atoms with Gasteiger partial charge in [0.25, 0.3) is 5.91 Å². The van der Waals surface area contributed by atoms with Gasteiger partial charge in [0, 0.05) is 31.5 Å². The molecule has 0 atom stereocenters. The predicted octanol–water partition coefficient (Wildman–Crippen LogP) is 3.54. The summed E-state index contributed by atoms with van der Waals surface area (Å²) in [4.78, 5) is 20.8. The number of morpholine rings is 1. The van der Waals surface area contributed by atoms with Crippen molar-refractivity contribution in [1.82, 2.24) is 19.5 Å². The standard InChI is InChI=1S/C22H21N5O2S/c28-22(25-17-4-1-3-16(13-17)15-26-8-10-29-11-9-26)18-14-24-27-19(6-7-23-21(18)27)20-5-2-12-30-20/h1-7,12-14H,8-11,15H2,(H,25,28). The number of anilines is 1. The normalized spacial score (nSPS) is 14.8. The molecule has 3 aromatic heterocycles. The van der Waals surface area contributed by atoms with Gasteiger partial charge in [0.2, 0.25) is 0 Å². The molecule has 0 radical (unpaired) electrons. The van der Waals surface area contributed by atoms with E-state index in [9.17, 15) is 4.79 Å². The summed E-state index contributed by atoms with van der Waals surface area (Å²) in [6.45, 7) is 4.24. The molecule has 0 saturated carbocycles. The number of carbonyl (C=O) groups excluding carboxylic acids is 1. The molecule has 4 heterocycles.